The predicted molar refractivity (Wildman–Crippen MR) is 94.0 cm³/mol. The topological polar surface area (TPSA) is 113 Å². The average molecular weight is 382 g/mol. The lowest BCUT2D eigenvalue weighted by molar-refractivity contribution is -0.385. The molecule has 2 saturated heterocycles. The normalized spacial score (nSPS) is 20.1. The van der Waals surface area contributed by atoms with Crippen molar-refractivity contribution in [2.75, 3.05) is 39.3 Å². The SMILES string of the molecule is O=C(C1CCNCC1)N1CCN(S(=O)(=O)c2cccc([N+](=O)[O-])c2)CC1. The first-order valence-corrected chi connectivity index (χ1v) is 10.1. The zero-order chi connectivity index (χ0) is 18.7. The van der Waals surface area contributed by atoms with E-state index in [1.165, 1.54) is 22.5 Å². The van der Waals surface area contributed by atoms with Crippen LogP contribution in [0.2, 0.25) is 0 Å². The summed E-state index contributed by atoms with van der Waals surface area (Å²) in [5.41, 5.74) is -0.259. The highest BCUT2D eigenvalue weighted by Gasteiger charge is 2.33. The smallest absolute Gasteiger partial charge is 0.270 e. The van der Waals surface area contributed by atoms with Crippen LogP contribution in [0.1, 0.15) is 12.8 Å². The molecular formula is C16H22N4O5S. The molecule has 1 amide bonds. The molecule has 0 aromatic heterocycles. The number of carbonyl (C=O) groups excluding carboxylic acids is 1. The van der Waals surface area contributed by atoms with Crippen molar-refractivity contribution in [3.63, 3.8) is 0 Å². The van der Waals surface area contributed by atoms with Crippen LogP contribution in [0.15, 0.2) is 29.2 Å². The summed E-state index contributed by atoms with van der Waals surface area (Å²) in [7, 11) is -3.81. The molecule has 0 atom stereocenters. The molecule has 0 radical (unpaired) electrons. The maximum absolute atomic E-state index is 12.7. The summed E-state index contributed by atoms with van der Waals surface area (Å²) in [5.74, 6) is 0.107. The van der Waals surface area contributed by atoms with Gasteiger partial charge in [0.2, 0.25) is 15.9 Å². The van der Waals surface area contributed by atoms with Crippen molar-refractivity contribution in [2.24, 2.45) is 5.92 Å². The predicted octanol–water partition coefficient (Wildman–Crippen LogP) is 0.427. The van der Waals surface area contributed by atoms with Gasteiger partial charge in [-0.3, -0.25) is 14.9 Å². The number of piperidine rings is 1. The van der Waals surface area contributed by atoms with Crippen molar-refractivity contribution in [3.8, 4) is 0 Å². The second kappa shape index (κ2) is 7.68. The average Bonchev–Trinajstić information content (AvgIpc) is 2.68. The Labute approximate surface area is 152 Å². The number of nitrogens with zero attached hydrogens (tertiary/aromatic N) is 3. The molecular weight excluding hydrogens is 360 g/mol. The van der Waals surface area contributed by atoms with E-state index >= 15 is 0 Å². The van der Waals surface area contributed by atoms with Crippen molar-refractivity contribution in [2.45, 2.75) is 17.7 Å². The van der Waals surface area contributed by atoms with Crippen LogP contribution in [0.3, 0.4) is 0 Å². The first kappa shape index (κ1) is 18.7. The monoisotopic (exact) mass is 382 g/mol. The van der Waals surface area contributed by atoms with Gasteiger partial charge in [0, 0.05) is 44.2 Å². The van der Waals surface area contributed by atoms with Gasteiger partial charge in [-0.1, -0.05) is 6.07 Å². The standard InChI is InChI=1S/C16H22N4O5S/c21-16(13-4-6-17-7-5-13)18-8-10-19(11-9-18)26(24,25)15-3-1-2-14(12-15)20(22)23/h1-3,12-13,17H,4-11H2. The molecule has 1 aromatic carbocycles. The fourth-order valence-corrected chi connectivity index (χ4v) is 4.84. The number of benzene rings is 1. The Balaban J connectivity index is 1.66. The molecule has 9 nitrogen and oxygen atoms in total. The maximum Gasteiger partial charge on any atom is 0.270 e. The molecule has 0 spiro atoms. The van der Waals surface area contributed by atoms with Gasteiger partial charge in [0.15, 0.2) is 0 Å². The minimum absolute atomic E-state index is 0.0104. The van der Waals surface area contributed by atoms with E-state index in [9.17, 15) is 23.3 Å². The molecule has 2 heterocycles. The number of rotatable bonds is 4. The first-order chi connectivity index (χ1) is 12.4. The van der Waals surface area contributed by atoms with Crippen LogP contribution in [0.4, 0.5) is 5.69 Å². The fraction of sp³-hybridized carbons (Fsp3) is 0.562. The summed E-state index contributed by atoms with van der Waals surface area (Å²) in [6.07, 6.45) is 1.62. The Morgan fingerprint density at radius 2 is 1.81 bits per heavy atom. The fourth-order valence-electron chi connectivity index (χ4n) is 3.38. The number of amides is 1. The van der Waals surface area contributed by atoms with Crippen LogP contribution in [0.5, 0.6) is 0 Å². The van der Waals surface area contributed by atoms with E-state index in [0.29, 0.717) is 13.1 Å². The molecule has 142 valence electrons. The van der Waals surface area contributed by atoms with Gasteiger partial charge in [-0.2, -0.15) is 4.31 Å². The van der Waals surface area contributed by atoms with Crippen LogP contribution < -0.4 is 5.32 Å². The Kier molecular flexibility index (Phi) is 5.54. The summed E-state index contributed by atoms with van der Waals surface area (Å²) < 4.78 is 26.8. The third-order valence-corrected chi connectivity index (χ3v) is 6.80. The molecule has 0 bridgehead atoms. The van der Waals surface area contributed by atoms with Crippen LogP contribution in [0.25, 0.3) is 0 Å². The largest absolute Gasteiger partial charge is 0.340 e. The van der Waals surface area contributed by atoms with Crippen molar-refractivity contribution in [1.29, 1.82) is 0 Å². The van der Waals surface area contributed by atoms with E-state index < -0.39 is 14.9 Å². The number of sulfonamides is 1. The van der Waals surface area contributed by atoms with Gasteiger partial charge in [-0.05, 0) is 32.0 Å². The minimum Gasteiger partial charge on any atom is -0.340 e. The van der Waals surface area contributed by atoms with E-state index in [4.69, 9.17) is 0 Å². The molecule has 0 aliphatic carbocycles. The quantitative estimate of drug-likeness (QED) is 0.597. The van der Waals surface area contributed by atoms with Gasteiger partial charge in [0.25, 0.3) is 5.69 Å². The molecule has 2 aliphatic rings. The highest BCUT2D eigenvalue weighted by Crippen LogP contribution is 2.23. The van der Waals surface area contributed by atoms with Crippen molar-refractivity contribution in [1.82, 2.24) is 14.5 Å². The lowest BCUT2D eigenvalue weighted by atomic mass is 9.96. The molecule has 2 aliphatic heterocycles. The summed E-state index contributed by atoms with van der Waals surface area (Å²) in [6.45, 7) is 2.74. The van der Waals surface area contributed by atoms with Crippen molar-refractivity contribution in [3.05, 3.63) is 34.4 Å². The highest BCUT2D eigenvalue weighted by molar-refractivity contribution is 7.89. The molecule has 0 saturated carbocycles. The molecule has 1 N–H and O–H groups in total. The number of non-ortho nitro benzene ring substituents is 1. The van der Waals surface area contributed by atoms with Gasteiger partial charge in [-0.25, -0.2) is 8.42 Å². The molecule has 10 heteroatoms. The third-order valence-electron chi connectivity index (χ3n) is 4.90. The number of carbonyl (C=O) groups is 1. The summed E-state index contributed by atoms with van der Waals surface area (Å²) in [4.78, 5) is 24.4. The number of nitrogens with one attached hydrogen (secondary N) is 1. The lowest BCUT2D eigenvalue weighted by Gasteiger charge is -2.36. The zero-order valence-corrected chi connectivity index (χ0v) is 15.2. The van der Waals surface area contributed by atoms with E-state index in [-0.39, 0.29) is 35.5 Å². The van der Waals surface area contributed by atoms with Gasteiger partial charge in [-0.15, -0.1) is 0 Å². The van der Waals surface area contributed by atoms with Crippen molar-refractivity contribution < 1.29 is 18.1 Å². The Bertz CT molecular complexity index is 784. The Hall–Kier alpha value is -2.04. The minimum atomic E-state index is -3.81. The molecule has 2 fully saturated rings. The van der Waals surface area contributed by atoms with Gasteiger partial charge in [0.05, 0.1) is 9.82 Å². The second-order valence-electron chi connectivity index (χ2n) is 6.51. The summed E-state index contributed by atoms with van der Waals surface area (Å²) in [5, 5.41) is 14.1. The second-order valence-corrected chi connectivity index (χ2v) is 8.45. The number of hydrogen-bond acceptors (Lipinski definition) is 6. The Morgan fingerprint density at radius 3 is 2.42 bits per heavy atom. The van der Waals surface area contributed by atoms with E-state index in [1.807, 2.05) is 0 Å². The number of piperazine rings is 1. The third kappa shape index (κ3) is 3.87. The van der Waals surface area contributed by atoms with Gasteiger partial charge < -0.3 is 10.2 Å². The van der Waals surface area contributed by atoms with E-state index in [2.05, 4.69) is 5.32 Å². The molecule has 26 heavy (non-hydrogen) atoms. The Morgan fingerprint density at radius 1 is 1.15 bits per heavy atom. The van der Waals surface area contributed by atoms with E-state index in [0.717, 1.165) is 32.0 Å². The van der Waals surface area contributed by atoms with Gasteiger partial charge in [0.1, 0.15) is 0 Å². The first-order valence-electron chi connectivity index (χ1n) is 8.64. The van der Waals surface area contributed by atoms with E-state index in [1.54, 1.807) is 4.90 Å². The maximum atomic E-state index is 12.7. The van der Waals surface area contributed by atoms with Crippen LogP contribution in [0, 0.1) is 16.0 Å². The van der Waals surface area contributed by atoms with Crippen LogP contribution >= 0.6 is 0 Å². The summed E-state index contributed by atoms with van der Waals surface area (Å²) in [6, 6.07) is 5.05. The number of nitro groups is 1. The number of nitro benzene ring substituents is 1. The van der Waals surface area contributed by atoms with Crippen LogP contribution in [-0.4, -0.2) is 67.7 Å². The van der Waals surface area contributed by atoms with Crippen LogP contribution in [-0.2, 0) is 14.8 Å². The van der Waals surface area contributed by atoms with Crippen molar-refractivity contribution >= 4 is 21.6 Å². The van der Waals surface area contributed by atoms with Gasteiger partial charge >= 0.3 is 0 Å². The molecule has 0 unspecified atom stereocenters. The number of hydrogen-bond donors (Lipinski definition) is 1. The molecule has 1 aromatic rings. The highest BCUT2D eigenvalue weighted by atomic mass is 32.2. The lowest BCUT2D eigenvalue weighted by Crippen LogP contribution is -2.52. The summed E-state index contributed by atoms with van der Waals surface area (Å²) >= 11 is 0. The molecule has 3 rings (SSSR count). The zero-order valence-electron chi connectivity index (χ0n) is 14.3.